The van der Waals surface area contributed by atoms with E-state index in [4.69, 9.17) is 0 Å². The molecule has 0 radical (unpaired) electrons. The van der Waals surface area contributed by atoms with Crippen molar-refractivity contribution in [3.8, 4) is 0 Å². The smallest absolute Gasteiger partial charge is 0.226 e. The van der Waals surface area contributed by atoms with E-state index in [2.05, 4.69) is 33.9 Å². The lowest BCUT2D eigenvalue weighted by molar-refractivity contribution is -0.137. The zero-order chi connectivity index (χ0) is 14.2. The first-order chi connectivity index (χ1) is 9.61. The number of amides is 1. The van der Waals surface area contributed by atoms with Crippen LogP contribution < -0.4 is 5.32 Å². The van der Waals surface area contributed by atoms with Crippen LogP contribution in [0.3, 0.4) is 0 Å². The van der Waals surface area contributed by atoms with E-state index in [1.807, 2.05) is 0 Å². The lowest BCUT2D eigenvalue weighted by Gasteiger charge is -2.41. The summed E-state index contributed by atoms with van der Waals surface area (Å²) in [5.41, 5.74) is -0.109. The lowest BCUT2D eigenvalue weighted by atomic mass is 9.64. The van der Waals surface area contributed by atoms with Gasteiger partial charge in [0.15, 0.2) is 5.82 Å². The Morgan fingerprint density at radius 2 is 2.15 bits per heavy atom. The van der Waals surface area contributed by atoms with Crippen LogP contribution in [0.2, 0.25) is 0 Å². The monoisotopic (exact) mass is 276 g/mol. The Hall–Kier alpha value is -1.39. The van der Waals surface area contributed by atoms with E-state index in [9.17, 15) is 4.79 Å². The minimum atomic E-state index is -0.109. The molecule has 110 valence electrons. The maximum Gasteiger partial charge on any atom is 0.226 e. The summed E-state index contributed by atoms with van der Waals surface area (Å²) in [6.07, 6.45) is 6.41. The summed E-state index contributed by atoms with van der Waals surface area (Å²) in [5, 5.41) is 11.5. The molecule has 1 fully saturated rings. The number of aromatic nitrogens is 3. The van der Waals surface area contributed by atoms with E-state index in [0.29, 0.717) is 12.5 Å². The Morgan fingerprint density at radius 1 is 1.35 bits per heavy atom. The number of rotatable bonds is 5. The van der Waals surface area contributed by atoms with Crippen LogP contribution in [-0.4, -0.2) is 20.7 Å². The Morgan fingerprint density at radius 3 is 2.80 bits per heavy atom. The molecule has 1 N–H and O–H groups in total. The Balaban J connectivity index is 1.61. The SMILES string of the molecule is CC(C)CC1(C(=O)NCc2nnc3n2CCC3)CCC1. The van der Waals surface area contributed by atoms with Gasteiger partial charge in [0, 0.05) is 18.4 Å². The first-order valence-electron chi connectivity index (χ1n) is 7.80. The highest BCUT2D eigenvalue weighted by Gasteiger charge is 2.44. The number of aryl methyl sites for hydroxylation is 1. The molecule has 5 nitrogen and oxygen atoms in total. The average molecular weight is 276 g/mol. The van der Waals surface area contributed by atoms with Crippen LogP contribution in [0.5, 0.6) is 0 Å². The van der Waals surface area contributed by atoms with Gasteiger partial charge in [0.1, 0.15) is 5.82 Å². The second-order valence-electron chi connectivity index (χ2n) is 6.70. The number of hydrogen-bond acceptors (Lipinski definition) is 3. The molecule has 0 atom stereocenters. The Labute approximate surface area is 120 Å². The molecule has 1 amide bonds. The van der Waals surface area contributed by atoms with Crippen LogP contribution in [-0.2, 0) is 24.3 Å². The molecule has 2 heterocycles. The lowest BCUT2D eigenvalue weighted by Crippen LogP contribution is -2.46. The zero-order valence-electron chi connectivity index (χ0n) is 12.5. The minimum Gasteiger partial charge on any atom is -0.348 e. The molecule has 1 aromatic heterocycles. The van der Waals surface area contributed by atoms with Crippen LogP contribution in [0.4, 0.5) is 0 Å². The summed E-state index contributed by atoms with van der Waals surface area (Å²) in [6, 6.07) is 0. The van der Waals surface area contributed by atoms with Crippen LogP contribution in [0.25, 0.3) is 0 Å². The molecule has 3 rings (SSSR count). The highest BCUT2D eigenvalue weighted by molar-refractivity contribution is 5.83. The van der Waals surface area contributed by atoms with Crippen molar-refractivity contribution in [2.45, 2.75) is 65.5 Å². The summed E-state index contributed by atoms with van der Waals surface area (Å²) >= 11 is 0. The van der Waals surface area contributed by atoms with Crippen molar-refractivity contribution in [3.63, 3.8) is 0 Å². The van der Waals surface area contributed by atoms with Gasteiger partial charge >= 0.3 is 0 Å². The normalized spacial score (nSPS) is 19.8. The van der Waals surface area contributed by atoms with Gasteiger partial charge in [-0.15, -0.1) is 10.2 Å². The van der Waals surface area contributed by atoms with Crippen molar-refractivity contribution in [1.29, 1.82) is 0 Å². The van der Waals surface area contributed by atoms with Crippen molar-refractivity contribution in [2.24, 2.45) is 11.3 Å². The van der Waals surface area contributed by atoms with Crippen molar-refractivity contribution in [2.75, 3.05) is 0 Å². The molecule has 0 spiro atoms. The summed E-state index contributed by atoms with van der Waals surface area (Å²) in [6.45, 7) is 5.90. The summed E-state index contributed by atoms with van der Waals surface area (Å²) < 4.78 is 2.15. The van der Waals surface area contributed by atoms with Gasteiger partial charge in [-0.05, 0) is 31.6 Å². The molecule has 20 heavy (non-hydrogen) atoms. The maximum atomic E-state index is 12.5. The summed E-state index contributed by atoms with van der Waals surface area (Å²) in [4.78, 5) is 12.5. The third kappa shape index (κ3) is 2.34. The fraction of sp³-hybridized carbons (Fsp3) is 0.800. The molecule has 1 aliphatic heterocycles. The van der Waals surface area contributed by atoms with Crippen LogP contribution in [0.15, 0.2) is 0 Å². The number of fused-ring (bicyclic) bond motifs is 1. The number of carbonyl (C=O) groups is 1. The van der Waals surface area contributed by atoms with E-state index >= 15 is 0 Å². The number of nitrogens with one attached hydrogen (secondary N) is 1. The number of carbonyl (C=O) groups excluding carboxylic acids is 1. The third-order valence-electron chi connectivity index (χ3n) is 4.68. The maximum absolute atomic E-state index is 12.5. The molecule has 1 saturated carbocycles. The first-order valence-corrected chi connectivity index (χ1v) is 7.80. The van der Waals surface area contributed by atoms with Crippen LogP contribution in [0, 0.1) is 11.3 Å². The third-order valence-corrected chi connectivity index (χ3v) is 4.68. The van der Waals surface area contributed by atoms with Crippen LogP contribution >= 0.6 is 0 Å². The van der Waals surface area contributed by atoms with Crippen molar-refractivity contribution in [1.82, 2.24) is 20.1 Å². The molecule has 0 unspecified atom stereocenters. The molecule has 1 aromatic rings. The molecule has 0 bridgehead atoms. The first kappa shape index (κ1) is 13.6. The summed E-state index contributed by atoms with van der Waals surface area (Å²) in [5.74, 6) is 2.76. The van der Waals surface area contributed by atoms with Gasteiger partial charge in [-0.1, -0.05) is 20.3 Å². The van der Waals surface area contributed by atoms with Gasteiger partial charge in [-0.25, -0.2) is 0 Å². The van der Waals surface area contributed by atoms with E-state index in [1.54, 1.807) is 0 Å². The van der Waals surface area contributed by atoms with E-state index < -0.39 is 0 Å². The van der Waals surface area contributed by atoms with E-state index in [1.165, 1.54) is 6.42 Å². The van der Waals surface area contributed by atoms with Crippen LogP contribution in [0.1, 0.15) is 57.6 Å². The zero-order valence-corrected chi connectivity index (χ0v) is 12.5. The topological polar surface area (TPSA) is 59.8 Å². The van der Waals surface area contributed by atoms with Crippen molar-refractivity contribution < 1.29 is 4.79 Å². The molecule has 0 aromatic carbocycles. The van der Waals surface area contributed by atoms with E-state index in [0.717, 1.165) is 50.3 Å². The molecule has 1 aliphatic carbocycles. The average Bonchev–Trinajstić information content (AvgIpc) is 2.93. The van der Waals surface area contributed by atoms with Gasteiger partial charge in [-0.3, -0.25) is 4.79 Å². The molecular weight excluding hydrogens is 252 g/mol. The number of nitrogens with zero attached hydrogens (tertiary/aromatic N) is 3. The quantitative estimate of drug-likeness (QED) is 0.895. The molecule has 5 heteroatoms. The largest absolute Gasteiger partial charge is 0.348 e. The Kier molecular flexibility index (Phi) is 3.52. The molecular formula is C15H24N4O. The van der Waals surface area contributed by atoms with E-state index in [-0.39, 0.29) is 11.3 Å². The Bertz CT molecular complexity index is 502. The molecule has 2 aliphatic rings. The second-order valence-corrected chi connectivity index (χ2v) is 6.70. The fourth-order valence-corrected chi connectivity index (χ4v) is 3.60. The van der Waals surface area contributed by atoms with Gasteiger partial charge in [0.2, 0.25) is 5.91 Å². The highest BCUT2D eigenvalue weighted by Crippen LogP contribution is 2.46. The number of hydrogen-bond donors (Lipinski definition) is 1. The minimum absolute atomic E-state index is 0.109. The van der Waals surface area contributed by atoms with Crippen molar-refractivity contribution >= 4 is 5.91 Å². The highest BCUT2D eigenvalue weighted by atomic mass is 16.2. The molecule has 0 saturated heterocycles. The predicted octanol–water partition coefficient (Wildman–Crippen LogP) is 2.06. The standard InChI is InChI=1S/C15H24N4O/c1-11(2)9-15(6-4-7-15)14(20)16-10-13-18-17-12-5-3-8-19(12)13/h11H,3-10H2,1-2H3,(H,16,20). The van der Waals surface area contributed by atoms with Gasteiger partial charge in [0.05, 0.1) is 6.54 Å². The van der Waals surface area contributed by atoms with Gasteiger partial charge < -0.3 is 9.88 Å². The van der Waals surface area contributed by atoms with Gasteiger partial charge in [-0.2, -0.15) is 0 Å². The van der Waals surface area contributed by atoms with Crippen molar-refractivity contribution in [3.05, 3.63) is 11.6 Å². The second kappa shape index (κ2) is 5.19. The predicted molar refractivity (Wildman–Crippen MR) is 75.9 cm³/mol. The summed E-state index contributed by atoms with van der Waals surface area (Å²) in [7, 11) is 0. The fourth-order valence-electron chi connectivity index (χ4n) is 3.60. The van der Waals surface area contributed by atoms with Gasteiger partial charge in [0.25, 0.3) is 0 Å².